The van der Waals surface area contributed by atoms with Crippen molar-refractivity contribution in [2.75, 3.05) is 38.8 Å². The maximum Gasteiger partial charge on any atom is 0.269 e. The van der Waals surface area contributed by atoms with Crippen LogP contribution in [0.5, 0.6) is 0 Å². The molecular weight excluding hydrogens is 563 g/mol. The van der Waals surface area contributed by atoms with Gasteiger partial charge in [0.1, 0.15) is 17.3 Å². The molecule has 1 fully saturated rings. The Hall–Kier alpha value is -4.39. The average Bonchev–Trinajstić information content (AvgIpc) is 3.62. The normalized spacial score (nSPS) is 16.9. The van der Waals surface area contributed by atoms with Gasteiger partial charge in [0.05, 0.1) is 48.5 Å². The van der Waals surface area contributed by atoms with E-state index < -0.39 is 0 Å². The summed E-state index contributed by atoms with van der Waals surface area (Å²) in [5.74, 6) is -0.434. The number of nitrogens with one attached hydrogen (secondary N) is 2. The summed E-state index contributed by atoms with van der Waals surface area (Å²) in [7, 11) is 1.61. The van der Waals surface area contributed by atoms with Crippen LogP contribution in [0.15, 0.2) is 53.9 Å². The monoisotopic (exact) mass is 602 g/mol. The van der Waals surface area contributed by atoms with Gasteiger partial charge in [0.25, 0.3) is 5.91 Å². The molecule has 3 aromatic heterocycles. The van der Waals surface area contributed by atoms with Crippen LogP contribution in [0, 0.1) is 19.7 Å². The molecule has 1 saturated carbocycles. The van der Waals surface area contributed by atoms with Gasteiger partial charge in [-0.3, -0.25) is 9.78 Å². The van der Waals surface area contributed by atoms with Gasteiger partial charge in [0.2, 0.25) is 0 Å². The van der Waals surface area contributed by atoms with E-state index >= 15 is 0 Å². The van der Waals surface area contributed by atoms with Crippen LogP contribution in [-0.2, 0) is 9.47 Å². The molecule has 5 rings (SSSR count). The number of amidine groups is 1. The lowest BCUT2D eigenvalue weighted by Crippen LogP contribution is -2.28. The molecule has 1 aromatic carbocycles. The molecule has 0 bridgehead atoms. The van der Waals surface area contributed by atoms with Crippen LogP contribution in [0.25, 0.3) is 16.6 Å². The van der Waals surface area contributed by atoms with E-state index in [1.54, 1.807) is 36.2 Å². The zero-order chi connectivity index (χ0) is 31.2. The first kappa shape index (κ1) is 31.0. The van der Waals surface area contributed by atoms with Gasteiger partial charge in [-0.25, -0.2) is 13.9 Å². The van der Waals surface area contributed by atoms with Gasteiger partial charge >= 0.3 is 0 Å². The highest BCUT2D eigenvalue weighted by atomic mass is 19.1. The van der Waals surface area contributed by atoms with E-state index in [1.165, 1.54) is 12.1 Å². The first-order chi connectivity index (χ1) is 21.2. The molecule has 1 aliphatic carbocycles. The van der Waals surface area contributed by atoms with Crippen LogP contribution in [0.4, 0.5) is 15.8 Å². The number of hydrogen-bond acceptors (Lipinski definition) is 8. The minimum atomic E-state index is -0.385. The predicted molar refractivity (Wildman–Crippen MR) is 169 cm³/mol. The first-order valence-electron chi connectivity index (χ1n) is 14.7. The molecule has 0 saturated heterocycles. The van der Waals surface area contributed by atoms with Crippen molar-refractivity contribution in [2.45, 2.75) is 45.2 Å². The number of rotatable bonds is 12. The summed E-state index contributed by atoms with van der Waals surface area (Å²) < 4.78 is 26.1. The second-order valence-corrected chi connectivity index (χ2v) is 11.1. The number of methoxy groups -OCH3 is 1. The highest BCUT2D eigenvalue weighted by molar-refractivity contribution is 6.06. The Morgan fingerprint density at radius 1 is 1.14 bits per heavy atom. The largest absolute Gasteiger partial charge is 0.383 e. The second kappa shape index (κ2) is 13.9. The van der Waals surface area contributed by atoms with Crippen molar-refractivity contribution in [2.24, 2.45) is 16.5 Å². The van der Waals surface area contributed by atoms with E-state index in [1.807, 2.05) is 26.1 Å². The highest BCUT2D eigenvalue weighted by Crippen LogP contribution is 2.33. The third-order valence-corrected chi connectivity index (χ3v) is 7.77. The summed E-state index contributed by atoms with van der Waals surface area (Å²) in [6.45, 7) is 5.53. The van der Waals surface area contributed by atoms with E-state index in [9.17, 15) is 9.18 Å². The lowest BCUT2D eigenvalue weighted by Gasteiger charge is -2.18. The van der Waals surface area contributed by atoms with Crippen molar-refractivity contribution in [3.63, 3.8) is 0 Å². The number of carbonyl (C=O) groups is 1. The van der Waals surface area contributed by atoms with E-state index in [2.05, 4.69) is 25.7 Å². The number of ether oxygens (including phenoxy) is 2. The van der Waals surface area contributed by atoms with Crippen LogP contribution in [0.2, 0.25) is 0 Å². The van der Waals surface area contributed by atoms with Gasteiger partial charge in [-0.2, -0.15) is 5.10 Å². The molecule has 0 radical (unpaired) electrons. The van der Waals surface area contributed by atoms with E-state index in [0.29, 0.717) is 43.3 Å². The third-order valence-electron chi connectivity index (χ3n) is 7.77. The maximum atomic E-state index is 14.0. The molecular formula is C32H39FN8O3. The fraction of sp³-hybridized carbons (Fsp3) is 0.375. The van der Waals surface area contributed by atoms with Crippen molar-refractivity contribution in [3.8, 4) is 11.1 Å². The number of aromatic nitrogens is 3. The van der Waals surface area contributed by atoms with Crippen LogP contribution in [-0.4, -0.2) is 71.9 Å². The number of aliphatic imine (C=N–C) groups is 1. The second-order valence-electron chi connectivity index (χ2n) is 11.1. The molecule has 1 amide bonds. The fourth-order valence-corrected chi connectivity index (χ4v) is 5.35. The number of fused-ring (bicyclic) bond motifs is 1. The number of nitrogens with two attached hydrogens (primary N) is 2. The molecule has 6 N–H and O–H groups in total. The minimum Gasteiger partial charge on any atom is -0.383 e. The van der Waals surface area contributed by atoms with Crippen molar-refractivity contribution in [1.82, 2.24) is 19.9 Å². The number of pyridine rings is 1. The quantitative estimate of drug-likeness (QED) is 0.108. The molecule has 3 heterocycles. The number of amides is 1. The molecule has 0 unspecified atom stereocenters. The van der Waals surface area contributed by atoms with Crippen molar-refractivity contribution < 1.29 is 18.7 Å². The summed E-state index contributed by atoms with van der Waals surface area (Å²) in [4.78, 5) is 21.7. The number of hydrogen-bond donors (Lipinski definition) is 4. The van der Waals surface area contributed by atoms with Gasteiger partial charge in [-0.1, -0.05) is 6.07 Å². The van der Waals surface area contributed by atoms with Gasteiger partial charge in [0.15, 0.2) is 0 Å². The molecule has 0 spiro atoms. The van der Waals surface area contributed by atoms with Gasteiger partial charge in [-0.05, 0) is 68.5 Å². The van der Waals surface area contributed by atoms with Crippen LogP contribution < -0.4 is 22.1 Å². The Bertz CT molecular complexity index is 1670. The Labute approximate surface area is 255 Å². The number of aryl methyl sites for hydroxylation is 2. The summed E-state index contributed by atoms with van der Waals surface area (Å²) in [6.07, 6.45) is 7.95. The number of nitrogens with zero attached hydrogens (tertiary/aromatic N) is 4. The van der Waals surface area contributed by atoms with Crippen molar-refractivity contribution in [3.05, 3.63) is 77.1 Å². The minimum absolute atomic E-state index is 0.129. The molecule has 11 nitrogen and oxygen atoms in total. The molecule has 2 atom stereocenters. The summed E-state index contributed by atoms with van der Waals surface area (Å²) in [5, 5.41) is 11.1. The Balaban J connectivity index is 1.45. The van der Waals surface area contributed by atoms with E-state index in [0.717, 1.165) is 52.7 Å². The van der Waals surface area contributed by atoms with E-state index in [4.69, 9.17) is 20.9 Å². The lowest BCUT2D eigenvalue weighted by molar-refractivity contribution is 0.0692. The van der Waals surface area contributed by atoms with Crippen LogP contribution >= 0.6 is 0 Å². The lowest BCUT2D eigenvalue weighted by atomic mass is 10.0. The summed E-state index contributed by atoms with van der Waals surface area (Å²) >= 11 is 0. The van der Waals surface area contributed by atoms with Crippen molar-refractivity contribution in [1.29, 1.82) is 0 Å². The predicted octanol–water partition coefficient (Wildman–Crippen LogP) is 3.87. The summed E-state index contributed by atoms with van der Waals surface area (Å²) in [5.41, 5.74) is 19.1. The zero-order valence-electron chi connectivity index (χ0n) is 25.3. The van der Waals surface area contributed by atoms with Crippen molar-refractivity contribution >= 4 is 28.6 Å². The molecule has 44 heavy (non-hydrogen) atoms. The van der Waals surface area contributed by atoms with Gasteiger partial charge in [-0.15, -0.1) is 0 Å². The number of anilines is 1. The summed E-state index contributed by atoms with van der Waals surface area (Å²) in [6, 6.07) is 8.49. The third kappa shape index (κ3) is 7.21. The van der Waals surface area contributed by atoms with Crippen LogP contribution in [0.3, 0.4) is 0 Å². The SMILES string of the molecule is COCCOCCNC(=O)c1cc(C)c(-c2cc3c(N[C@@H]4CC[C@H](N)C4)c(C(N)=Nc4cc(F)ccc4C)cnn3c2)cn1. The molecule has 4 aromatic rings. The van der Waals surface area contributed by atoms with Gasteiger partial charge < -0.3 is 31.6 Å². The smallest absolute Gasteiger partial charge is 0.269 e. The van der Waals surface area contributed by atoms with Crippen LogP contribution in [0.1, 0.15) is 46.4 Å². The topological polar surface area (TPSA) is 154 Å². The van der Waals surface area contributed by atoms with Gasteiger partial charge in [0, 0.05) is 49.3 Å². The molecule has 12 heteroatoms. The molecule has 0 aliphatic heterocycles. The highest BCUT2D eigenvalue weighted by Gasteiger charge is 2.25. The molecule has 232 valence electrons. The zero-order valence-corrected chi connectivity index (χ0v) is 25.3. The molecule has 1 aliphatic rings. The average molecular weight is 603 g/mol. The van der Waals surface area contributed by atoms with E-state index in [-0.39, 0.29) is 29.6 Å². The number of carbonyl (C=O) groups excluding carboxylic acids is 1. The fourth-order valence-electron chi connectivity index (χ4n) is 5.35. The number of benzene rings is 1. The first-order valence-corrected chi connectivity index (χ1v) is 14.7. The Kier molecular flexibility index (Phi) is 9.83. The Morgan fingerprint density at radius 3 is 2.73 bits per heavy atom. The number of halogens is 1. The standard InChI is InChI=1S/C32H39FN8O3/c1-19-4-5-22(33)14-27(19)40-31(35)26-17-38-41-18-21(13-29(41)30(26)39-24-7-6-23(34)15-24)25-16-37-28(12-20(25)2)32(42)36-8-9-44-11-10-43-3/h4-5,12-14,16-18,23-24,39H,6-11,15,34H2,1-3H3,(H2,35,40)(H,36,42)/t23-,24+/m0/s1. The Morgan fingerprint density at radius 2 is 1.98 bits per heavy atom. The maximum absolute atomic E-state index is 14.0.